The fraction of sp³-hybridized carbons (Fsp3) is 1.00. The number of hydrogen-bond donors (Lipinski definition) is 1. The van der Waals surface area contributed by atoms with Gasteiger partial charge in [-0.2, -0.15) is 0 Å². The van der Waals surface area contributed by atoms with Gasteiger partial charge >= 0.3 is 0 Å². The molecule has 0 amide bonds. The summed E-state index contributed by atoms with van der Waals surface area (Å²) in [5, 5.41) is 3.64. The van der Waals surface area contributed by atoms with Crippen LogP contribution in [0.4, 0.5) is 0 Å². The molecule has 2 nitrogen and oxygen atoms in total. The molecule has 0 fully saturated rings. The van der Waals surface area contributed by atoms with E-state index in [1.807, 2.05) is 0 Å². The summed E-state index contributed by atoms with van der Waals surface area (Å²) in [6.45, 7) is 14.8. The lowest BCUT2D eigenvalue weighted by Crippen LogP contribution is -2.48. The second-order valence-corrected chi connectivity index (χ2v) is 5.77. The van der Waals surface area contributed by atoms with E-state index in [0.29, 0.717) is 12.1 Å². The Morgan fingerprint density at radius 2 is 1.69 bits per heavy atom. The number of rotatable bonds is 8. The van der Waals surface area contributed by atoms with Gasteiger partial charge in [0.05, 0.1) is 0 Å². The highest BCUT2D eigenvalue weighted by atomic mass is 15.2. The van der Waals surface area contributed by atoms with Gasteiger partial charge in [-0.3, -0.25) is 4.90 Å². The van der Waals surface area contributed by atoms with Crippen molar-refractivity contribution in [3.63, 3.8) is 0 Å². The zero-order valence-corrected chi connectivity index (χ0v) is 12.4. The average Bonchev–Trinajstić information content (AvgIpc) is 2.25. The van der Waals surface area contributed by atoms with Gasteiger partial charge in [0, 0.05) is 24.2 Å². The summed E-state index contributed by atoms with van der Waals surface area (Å²) in [5.41, 5.74) is 0.267. The van der Waals surface area contributed by atoms with Crippen LogP contribution in [0.15, 0.2) is 0 Å². The van der Waals surface area contributed by atoms with Gasteiger partial charge in [0.25, 0.3) is 0 Å². The molecule has 0 aromatic heterocycles. The van der Waals surface area contributed by atoms with E-state index in [1.165, 1.54) is 19.3 Å². The van der Waals surface area contributed by atoms with Crippen LogP contribution in [0.1, 0.15) is 60.8 Å². The highest BCUT2D eigenvalue weighted by Crippen LogP contribution is 2.10. The Morgan fingerprint density at radius 3 is 2.12 bits per heavy atom. The van der Waals surface area contributed by atoms with E-state index >= 15 is 0 Å². The summed E-state index contributed by atoms with van der Waals surface area (Å²) < 4.78 is 0. The van der Waals surface area contributed by atoms with Crippen LogP contribution in [0.2, 0.25) is 0 Å². The molecule has 0 aromatic rings. The molecule has 0 heterocycles. The summed E-state index contributed by atoms with van der Waals surface area (Å²) in [6, 6.07) is 1.29. The van der Waals surface area contributed by atoms with E-state index < -0.39 is 0 Å². The molecule has 2 unspecified atom stereocenters. The van der Waals surface area contributed by atoms with Crippen LogP contribution in [0.5, 0.6) is 0 Å². The molecule has 2 atom stereocenters. The van der Waals surface area contributed by atoms with E-state index in [1.54, 1.807) is 0 Å². The molecule has 1 N–H and O–H groups in total. The van der Waals surface area contributed by atoms with Crippen LogP contribution in [-0.2, 0) is 0 Å². The lowest BCUT2D eigenvalue weighted by molar-refractivity contribution is 0.172. The summed E-state index contributed by atoms with van der Waals surface area (Å²) in [5.74, 6) is 0. The van der Waals surface area contributed by atoms with Gasteiger partial charge in [0.15, 0.2) is 0 Å². The molecule has 0 saturated heterocycles. The number of hydrogen-bond acceptors (Lipinski definition) is 2. The lowest BCUT2D eigenvalue weighted by Gasteiger charge is -2.34. The van der Waals surface area contributed by atoms with E-state index in [-0.39, 0.29) is 5.54 Å². The Bertz CT molecular complexity index is 178. The molecule has 0 rings (SSSR count). The third kappa shape index (κ3) is 5.86. The zero-order valence-electron chi connectivity index (χ0n) is 12.4. The van der Waals surface area contributed by atoms with Crippen molar-refractivity contribution >= 4 is 0 Å². The topological polar surface area (TPSA) is 15.3 Å². The predicted molar refractivity (Wildman–Crippen MR) is 74.0 cm³/mol. The molecule has 0 bridgehead atoms. The molecule has 16 heavy (non-hydrogen) atoms. The largest absolute Gasteiger partial charge is 0.310 e. The first kappa shape index (κ1) is 15.9. The third-order valence-corrected chi connectivity index (χ3v) is 3.86. The fourth-order valence-corrected chi connectivity index (χ4v) is 1.75. The summed E-state index contributed by atoms with van der Waals surface area (Å²) in [7, 11) is 2.24. The maximum atomic E-state index is 3.64. The van der Waals surface area contributed by atoms with Crippen molar-refractivity contribution in [2.24, 2.45) is 0 Å². The Labute approximate surface area is 103 Å². The average molecular weight is 228 g/mol. The van der Waals surface area contributed by atoms with Gasteiger partial charge in [-0.25, -0.2) is 0 Å². The molecule has 2 heteroatoms. The highest BCUT2D eigenvalue weighted by molar-refractivity contribution is 4.79. The molecular weight excluding hydrogens is 196 g/mol. The normalized spacial score (nSPS) is 16.5. The lowest BCUT2D eigenvalue weighted by atomic mass is 10.0. The summed E-state index contributed by atoms with van der Waals surface area (Å²) >= 11 is 0. The molecule has 0 aliphatic heterocycles. The minimum atomic E-state index is 0.267. The molecule has 0 aliphatic carbocycles. The van der Waals surface area contributed by atoms with Crippen molar-refractivity contribution < 1.29 is 0 Å². The van der Waals surface area contributed by atoms with Crippen molar-refractivity contribution in [1.29, 1.82) is 0 Å². The maximum absolute atomic E-state index is 3.64. The minimum Gasteiger partial charge on any atom is -0.310 e. The molecule has 0 spiro atoms. The Kier molecular flexibility index (Phi) is 7.25. The van der Waals surface area contributed by atoms with Gasteiger partial charge in [-0.05, 0) is 47.6 Å². The van der Waals surface area contributed by atoms with Crippen LogP contribution >= 0.6 is 0 Å². The third-order valence-electron chi connectivity index (χ3n) is 3.86. The van der Waals surface area contributed by atoms with Gasteiger partial charge in [-0.15, -0.1) is 0 Å². The smallest absolute Gasteiger partial charge is 0.0192 e. The van der Waals surface area contributed by atoms with E-state index in [0.717, 1.165) is 6.54 Å². The van der Waals surface area contributed by atoms with Crippen LogP contribution in [-0.4, -0.2) is 36.1 Å². The van der Waals surface area contributed by atoms with E-state index in [2.05, 4.69) is 58.8 Å². The fourth-order valence-electron chi connectivity index (χ4n) is 1.75. The van der Waals surface area contributed by atoms with Crippen molar-refractivity contribution in [1.82, 2.24) is 10.2 Å². The Balaban J connectivity index is 4.00. The van der Waals surface area contributed by atoms with Crippen molar-refractivity contribution in [3.05, 3.63) is 0 Å². The SMILES string of the molecule is CCCC(C)N(C)C(C)CNC(C)(C)CC. The van der Waals surface area contributed by atoms with Crippen LogP contribution in [0.3, 0.4) is 0 Å². The van der Waals surface area contributed by atoms with Gasteiger partial charge in [-0.1, -0.05) is 20.3 Å². The molecule has 98 valence electrons. The maximum Gasteiger partial charge on any atom is 0.0192 e. The van der Waals surface area contributed by atoms with Crippen molar-refractivity contribution in [2.45, 2.75) is 78.4 Å². The molecular formula is C14H32N2. The second kappa shape index (κ2) is 7.29. The first-order chi connectivity index (χ1) is 7.34. The van der Waals surface area contributed by atoms with E-state index in [9.17, 15) is 0 Å². The quantitative estimate of drug-likeness (QED) is 0.686. The first-order valence-corrected chi connectivity index (χ1v) is 6.81. The van der Waals surface area contributed by atoms with Crippen LogP contribution in [0, 0.1) is 0 Å². The summed E-state index contributed by atoms with van der Waals surface area (Å²) in [6.07, 6.45) is 3.73. The zero-order chi connectivity index (χ0) is 12.8. The number of nitrogens with one attached hydrogen (secondary N) is 1. The van der Waals surface area contributed by atoms with Crippen molar-refractivity contribution in [2.75, 3.05) is 13.6 Å². The molecule has 0 aliphatic rings. The van der Waals surface area contributed by atoms with Gasteiger partial charge in [0.2, 0.25) is 0 Å². The molecule has 0 saturated carbocycles. The number of nitrogens with zero attached hydrogens (tertiary/aromatic N) is 1. The van der Waals surface area contributed by atoms with Crippen LogP contribution < -0.4 is 5.32 Å². The second-order valence-electron chi connectivity index (χ2n) is 5.77. The van der Waals surface area contributed by atoms with E-state index in [4.69, 9.17) is 0 Å². The first-order valence-electron chi connectivity index (χ1n) is 6.81. The Morgan fingerprint density at radius 1 is 1.12 bits per heavy atom. The van der Waals surface area contributed by atoms with Crippen LogP contribution in [0.25, 0.3) is 0 Å². The van der Waals surface area contributed by atoms with Gasteiger partial charge in [0.1, 0.15) is 0 Å². The Hall–Kier alpha value is -0.0800. The van der Waals surface area contributed by atoms with Crippen molar-refractivity contribution in [3.8, 4) is 0 Å². The standard InChI is InChI=1S/C14H32N2/c1-8-10-12(3)16(7)13(4)11-15-14(5,6)9-2/h12-13,15H,8-11H2,1-7H3. The van der Waals surface area contributed by atoms with Gasteiger partial charge < -0.3 is 5.32 Å². The highest BCUT2D eigenvalue weighted by Gasteiger charge is 2.19. The molecule has 0 radical (unpaired) electrons. The number of likely N-dealkylation sites (N-methyl/N-ethyl adjacent to an activating group) is 1. The molecule has 0 aromatic carbocycles. The monoisotopic (exact) mass is 228 g/mol. The predicted octanol–water partition coefficient (Wildman–Crippen LogP) is 3.27. The summed E-state index contributed by atoms with van der Waals surface area (Å²) in [4.78, 5) is 2.49. The minimum absolute atomic E-state index is 0.267.